The van der Waals surface area contributed by atoms with Gasteiger partial charge in [0.1, 0.15) is 0 Å². The maximum atomic E-state index is 11.5. The van der Waals surface area contributed by atoms with E-state index in [0.717, 1.165) is 10.0 Å². The van der Waals surface area contributed by atoms with Crippen molar-refractivity contribution >= 4 is 28.1 Å². The van der Waals surface area contributed by atoms with Crippen molar-refractivity contribution in [3.05, 3.63) is 43.9 Å². The first kappa shape index (κ1) is 10.3. The fraction of sp³-hybridized carbons (Fsp3) is 0. The van der Waals surface area contributed by atoms with Gasteiger partial charge < -0.3 is 0 Å². The van der Waals surface area contributed by atoms with E-state index in [9.17, 15) is 4.79 Å². The minimum absolute atomic E-state index is 0.223. The molecule has 1 heterocycles. The van der Waals surface area contributed by atoms with Gasteiger partial charge in [-0.2, -0.15) is 5.10 Å². The van der Waals surface area contributed by atoms with Crippen LogP contribution >= 0.6 is 28.1 Å². The zero-order chi connectivity index (χ0) is 10.8. The lowest BCUT2D eigenvalue weighted by atomic mass is 10.2. The van der Waals surface area contributed by atoms with Gasteiger partial charge in [-0.3, -0.25) is 14.9 Å². The molecule has 0 aliphatic rings. The Balaban J connectivity index is 2.59. The van der Waals surface area contributed by atoms with E-state index < -0.39 is 0 Å². The van der Waals surface area contributed by atoms with Crippen LogP contribution in [0.5, 0.6) is 0 Å². The van der Waals surface area contributed by atoms with Gasteiger partial charge in [-0.05, 0) is 24.4 Å². The molecule has 0 saturated heterocycles. The summed E-state index contributed by atoms with van der Waals surface area (Å²) in [7, 11) is 0. The molecule has 1 aromatic carbocycles. The van der Waals surface area contributed by atoms with Crippen LogP contribution in [0.2, 0.25) is 0 Å². The molecule has 0 amide bonds. The molecule has 2 rings (SSSR count). The van der Waals surface area contributed by atoms with Crippen LogP contribution in [-0.4, -0.2) is 15.2 Å². The predicted molar refractivity (Wildman–Crippen MR) is 63.2 cm³/mol. The summed E-state index contributed by atoms with van der Waals surface area (Å²) in [5.41, 5.74) is 0.780. The normalized spacial score (nSPS) is 10.2. The van der Waals surface area contributed by atoms with Crippen molar-refractivity contribution in [3.63, 3.8) is 0 Å². The molecule has 0 spiro atoms. The van der Waals surface area contributed by atoms with Gasteiger partial charge in [-0.1, -0.05) is 28.1 Å². The maximum absolute atomic E-state index is 11.5. The number of aromatic nitrogens is 3. The smallest absolute Gasteiger partial charge is 0.278 e. The van der Waals surface area contributed by atoms with Crippen molar-refractivity contribution < 1.29 is 0 Å². The number of H-pyrrole nitrogens is 2. The zero-order valence-electron chi connectivity index (χ0n) is 7.45. The minimum atomic E-state index is -0.291. The fourth-order valence-corrected chi connectivity index (χ4v) is 1.55. The Kier molecular flexibility index (Phi) is 2.79. The van der Waals surface area contributed by atoms with Crippen LogP contribution in [-0.2, 0) is 0 Å². The van der Waals surface area contributed by atoms with E-state index in [2.05, 4.69) is 31.1 Å². The fourth-order valence-electron chi connectivity index (χ4n) is 1.15. The van der Waals surface area contributed by atoms with E-state index in [4.69, 9.17) is 12.2 Å². The lowest BCUT2D eigenvalue weighted by molar-refractivity contribution is 0.932. The topological polar surface area (TPSA) is 61.5 Å². The quantitative estimate of drug-likeness (QED) is 0.790. The lowest BCUT2D eigenvalue weighted by Crippen LogP contribution is -2.12. The predicted octanol–water partition coefficient (Wildman–Crippen LogP) is 2.26. The first-order valence-electron chi connectivity index (χ1n) is 4.12. The average molecular weight is 284 g/mol. The molecule has 4 nitrogen and oxygen atoms in total. The van der Waals surface area contributed by atoms with Crippen molar-refractivity contribution in [3.8, 4) is 11.3 Å². The van der Waals surface area contributed by atoms with Crippen molar-refractivity contribution in [2.45, 2.75) is 0 Å². The molecular formula is C9H6BrN3OS. The third kappa shape index (κ3) is 2.21. The highest BCUT2D eigenvalue weighted by molar-refractivity contribution is 9.10. The first-order chi connectivity index (χ1) is 7.16. The standard InChI is InChI=1S/C9H6BrN3OS/c10-6-3-1-5(2-4-6)7-8(14)11-9(15)13-12-7/h1-4H,(H2,11,13,14,15). The van der Waals surface area contributed by atoms with Crippen molar-refractivity contribution in [2.24, 2.45) is 0 Å². The van der Waals surface area contributed by atoms with Gasteiger partial charge in [0.25, 0.3) is 5.56 Å². The highest BCUT2D eigenvalue weighted by atomic mass is 79.9. The highest BCUT2D eigenvalue weighted by Crippen LogP contribution is 2.16. The number of hydrogen-bond donors (Lipinski definition) is 2. The molecule has 15 heavy (non-hydrogen) atoms. The van der Waals surface area contributed by atoms with E-state index in [1.807, 2.05) is 12.1 Å². The van der Waals surface area contributed by atoms with Crippen LogP contribution < -0.4 is 5.56 Å². The summed E-state index contributed by atoms with van der Waals surface area (Å²) < 4.78 is 1.17. The van der Waals surface area contributed by atoms with Crippen LogP contribution in [0.4, 0.5) is 0 Å². The molecular weight excluding hydrogens is 278 g/mol. The highest BCUT2D eigenvalue weighted by Gasteiger charge is 2.03. The van der Waals surface area contributed by atoms with E-state index >= 15 is 0 Å². The van der Waals surface area contributed by atoms with E-state index in [-0.39, 0.29) is 10.3 Å². The Bertz CT molecular complexity index is 587. The van der Waals surface area contributed by atoms with E-state index in [1.54, 1.807) is 12.1 Å². The monoisotopic (exact) mass is 283 g/mol. The van der Waals surface area contributed by atoms with Gasteiger partial charge in [0, 0.05) is 10.0 Å². The molecule has 76 valence electrons. The molecule has 0 atom stereocenters. The van der Waals surface area contributed by atoms with E-state index in [0.29, 0.717) is 5.69 Å². The molecule has 0 unspecified atom stereocenters. The van der Waals surface area contributed by atoms with Gasteiger partial charge in [-0.15, -0.1) is 0 Å². The molecule has 1 aromatic heterocycles. The number of aromatic amines is 2. The van der Waals surface area contributed by atoms with Gasteiger partial charge in [0.05, 0.1) is 0 Å². The SMILES string of the molecule is O=c1[nH]c(=S)[nH]nc1-c1ccc(Br)cc1. The Labute approximate surface area is 98.5 Å². The molecule has 0 saturated carbocycles. The number of hydrogen-bond acceptors (Lipinski definition) is 3. The number of benzene rings is 1. The second kappa shape index (κ2) is 4.08. The molecule has 2 aromatic rings. The van der Waals surface area contributed by atoms with Gasteiger partial charge >= 0.3 is 0 Å². The largest absolute Gasteiger partial charge is 0.296 e. The van der Waals surface area contributed by atoms with Crippen molar-refractivity contribution in [1.29, 1.82) is 0 Å². The van der Waals surface area contributed by atoms with Crippen LogP contribution in [0, 0.1) is 4.77 Å². The first-order valence-corrected chi connectivity index (χ1v) is 5.32. The third-order valence-corrected chi connectivity index (χ3v) is 2.55. The van der Waals surface area contributed by atoms with E-state index in [1.165, 1.54) is 0 Å². The third-order valence-electron chi connectivity index (χ3n) is 1.83. The summed E-state index contributed by atoms with van der Waals surface area (Å²) in [6, 6.07) is 7.30. The zero-order valence-corrected chi connectivity index (χ0v) is 9.85. The van der Waals surface area contributed by atoms with Crippen molar-refractivity contribution in [2.75, 3.05) is 0 Å². The summed E-state index contributed by atoms with van der Waals surface area (Å²) >= 11 is 8.07. The lowest BCUT2D eigenvalue weighted by Gasteiger charge is -1.98. The second-order valence-electron chi connectivity index (χ2n) is 2.86. The number of nitrogens with one attached hydrogen (secondary N) is 2. The summed E-state index contributed by atoms with van der Waals surface area (Å²) in [6.45, 7) is 0. The van der Waals surface area contributed by atoms with Gasteiger partial charge in [0.15, 0.2) is 10.5 Å². The number of halogens is 1. The summed E-state index contributed by atoms with van der Waals surface area (Å²) in [5.74, 6) is 0. The molecule has 2 N–H and O–H groups in total. The van der Waals surface area contributed by atoms with Crippen molar-refractivity contribution in [1.82, 2.24) is 15.2 Å². The Morgan fingerprint density at radius 1 is 1.27 bits per heavy atom. The molecule has 0 aliphatic heterocycles. The van der Waals surface area contributed by atoms with Gasteiger partial charge in [-0.25, -0.2) is 0 Å². The second-order valence-corrected chi connectivity index (χ2v) is 4.19. The molecule has 6 heteroatoms. The van der Waals surface area contributed by atoms with Crippen LogP contribution in [0.25, 0.3) is 11.3 Å². The maximum Gasteiger partial charge on any atom is 0.278 e. The Morgan fingerprint density at radius 3 is 2.53 bits per heavy atom. The number of rotatable bonds is 1. The molecule has 0 fully saturated rings. The molecule has 0 radical (unpaired) electrons. The average Bonchev–Trinajstić information content (AvgIpc) is 2.20. The molecule has 0 bridgehead atoms. The van der Waals surface area contributed by atoms with Crippen LogP contribution in [0.1, 0.15) is 0 Å². The van der Waals surface area contributed by atoms with Crippen LogP contribution in [0.15, 0.2) is 33.5 Å². The Hall–Kier alpha value is -1.27. The Morgan fingerprint density at radius 2 is 1.93 bits per heavy atom. The minimum Gasteiger partial charge on any atom is -0.296 e. The summed E-state index contributed by atoms with van der Waals surface area (Å²) in [6.07, 6.45) is 0. The molecule has 0 aliphatic carbocycles. The van der Waals surface area contributed by atoms with Gasteiger partial charge in [0.2, 0.25) is 0 Å². The summed E-state index contributed by atoms with van der Waals surface area (Å²) in [4.78, 5) is 14.0. The number of nitrogens with zero attached hydrogens (tertiary/aromatic N) is 1. The summed E-state index contributed by atoms with van der Waals surface area (Å²) in [5, 5.41) is 6.44. The van der Waals surface area contributed by atoms with Crippen LogP contribution in [0.3, 0.4) is 0 Å².